The lowest BCUT2D eigenvalue weighted by molar-refractivity contribution is 0.274. The second kappa shape index (κ2) is 4.90. The second-order valence-electron chi connectivity index (χ2n) is 6.16. The van der Waals surface area contributed by atoms with Crippen LogP contribution < -0.4 is 5.73 Å². The molecule has 0 saturated carbocycles. The molecule has 1 heterocycles. The van der Waals surface area contributed by atoms with Crippen LogP contribution in [0.2, 0.25) is 0 Å². The van der Waals surface area contributed by atoms with Crippen molar-refractivity contribution in [2.24, 2.45) is 11.1 Å². The highest BCUT2D eigenvalue weighted by molar-refractivity contribution is 7.91. The van der Waals surface area contributed by atoms with E-state index in [-0.39, 0.29) is 23.0 Å². The van der Waals surface area contributed by atoms with Gasteiger partial charge >= 0.3 is 0 Å². The Morgan fingerprint density at radius 3 is 2.84 bits per heavy atom. The Morgan fingerprint density at radius 2 is 2.21 bits per heavy atom. The van der Waals surface area contributed by atoms with Gasteiger partial charge in [-0.1, -0.05) is 20.8 Å². The van der Waals surface area contributed by atoms with Gasteiger partial charge in [0.15, 0.2) is 9.84 Å². The minimum Gasteiger partial charge on any atom is -0.324 e. The Bertz CT molecular complexity index is 560. The molecule has 6 heteroatoms. The fourth-order valence-corrected chi connectivity index (χ4v) is 3.46. The van der Waals surface area contributed by atoms with Crippen LogP contribution in [-0.2, 0) is 22.8 Å². The maximum Gasteiger partial charge on any atom is 0.151 e. The van der Waals surface area contributed by atoms with Crippen molar-refractivity contribution in [3.05, 3.63) is 17.5 Å². The van der Waals surface area contributed by atoms with Crippen LogP contribution in [-0.4, -0.2) is 29.7 Å². The largest absolute Gasteiger partial charge is 0.324 e. The number of rotatable bonds is 4. The summed E-state index contributed by atoms with van der Waals surface area (Å²) in [7, 11) is -2.96. The molecule has 2 N–H and O–H groups in total. The molecule has 1 aliphatic rings. The molecule has 0 aromatic carbocycles. The highest BCUT2D eigenvalue weighted by Gasteiger charge is 2.33. The average Bonchev–Trinajstić information content (AvgIpc) is 2.68. The highest BCUT2D eigenvalue weighted by Crippen LogP contribution is 2.39. The molecule has 1 aromatic rings. The number of nitrogens with two attached hydrogens (primary N) is 1. The van der Waals surface area contributed by atoms with Crippen molar-refractivity contribution in [1.29, 1.82) is 0 Å². The first kappa shape index (κ1) is 14.5. The van der Waals surface area contributed by atoms with E-state index in [1.165, 1.54) is 0 Å². The maximum atomic E-state index is 11.6. The van der Waals surface area contributed by atoms with Crippen molar-refractivity contribution in [1.82, 2.24) is 9.78 Å². The SMILES string of the molecule is CCS(=O)(=O)CCn1ncc2c1CC(C)(C)CC2N. The number of hydrogen-bond donors (Lipinski definition) is 1. The monoisotopic (exact) mass is 285 g/mol. The van der Waals surface area contributed by atoms with Gasteiger partial charge < -0.3 is 5.73 Å². The zero-order valence-electron chi connectivity index (χ0n) is 11.9. The minimum absolute atomic E-state index is 0.00952. The molecule has 2 rings (SSSR count). The molecule has 0 aliphatic heterocycles. The van der Waals surface area contributed by atoms with Crippen LogP contribution in [0.25, 0.3) is 0 Å². The molecule has 0 spiro atoms. The van der Waals surface area contributed by atoms with Gasteiger partial charge in [-0.05, 0) is 18.3 Å². The van der Waals surface area contributed by atoms with Gasteiger partial charge in [-0.2, -0.15) is 5.10 Å². The standard InChI is InChI=1S/C13H23N3O2S/c1-4-19(17,18)6-5-16-12-8-13(2,3)7-11(14)10(12)9-15-16/h9,11H,4-8,14H2,1-3H3. The van der Waals surface area contributed by atoms with Gasteiger partial charge in [0.25, 0.3) is 0 Å². The summed E-state index contributed by atoms with van der Waals surface area (Å²) >= 11 is 0. The Balaban J connectivity index is 2.21. The normalized spacial score (nSPS) is 22.2. The predicted molar refractivity (Wildman–Crippen MR) is 75.6 cm³/mol. The van der Waals surface area contributed by atoms with Crippen LogP contribution >= 0.6 is 0 Å². The van der Waals surface area contributed by atoms with Crippen LogP contribution in [0.1, 0.15) is 44.5 Å². The van der Waals surface area contributed by atoms with Gasteiger partial charge in [-0.15, -0.1) is 0 Å². The molecule has 1 aromatic heterocycles. The quantitative estimate of drug-likeness (QED) is 0.904. The predicted octanol–water partition coefficient (Wildman–Crippen LogP) is 1.29. The Labute approximate surface area is 115 Å². The fourth-order valence-electron chi connectivity index (χ4n) is 2.72. The molecule has 0 bridgehead atoms. The van der Waals surface area contributed by atoms with Crippen molar-refractivity contribution >= 4 is 9.84 Å². The van der Waals surface area contributed by atoms with Crippen molar-refractivity contribution in [3.63, 3.8) is 0 Å². The number of nitrogens with zero attached hydrogens (tertiary/aromatic N) is 2. The third-order valence-corrected chi connectivity index (χ3v) is 5.54. The summed E-state index contributed by atoms with van der Waals surface area (Å²) in [4.78, 5) is 0. The number of fused-ring (bicyclic) bond motifs is 1. The van der Waals surface area contributed by atoms with E-state index in [9.17, 15) is 8.42 Å². The first-order valence-corrected chi connectivity index (χ1v) is 8.57. The van der Waals surface area contributed by atoms with Crippen LogP contribution in [0.3, 0.4) is 0 Å². The van der Waals surface area contributed by atoms with Crippen molar-refractivity contribution in [2.75, 3.05) is 11.5 Å². The van der Waals surface area contributed by atoms with E-state index >= 15 is 0 Å². The van der Waals surface area contributed by atoms with Crippen molar-refractivity contribution in [2.45, 2.75) is 46.2 Å². The molecule has 0 fully saturated rings. The van der Waals surface area contributed by atoms with Gasteiger partial charge in [0.1, 0.15) is 0 Å². The molecule has 1 aliphatic carbocycles. The maximum absolute atomic E-state index is 11.6. The number of sulfone groups is 1. The summed E-state index contributed by atoms with van der Waals surface area (Å²) in [5.74, 6) is 0.328. The summed E-state index contributed by atoms with van der Waals surface area (Å²) in [5.41, 5.74) is 8.50. The average molecular weight is 285 g/mol. The van der Waals surface area contributed by atoms with E-state index in [2.05, 4.69) is 18.9 Å². The zero-order valence-corrected chi connectivity index (χ0v) is 12.7. The van der Waals surface area contributed by atoms with Crippen LogP contribution in [0.15, 0.2) is 6.20 Å². The molecule has 108 valence electrons. The fraction of sp³-hybridized carbons (Fsp3) is 0.769. The first-order chi connectivity index (χ1) is 8.74. The third kappa shape index (κ3) is 3.17. The van der Waals surface area contributed by atoms with Crippen molar-refractivity contribution in [3.8, 4) is 0 Å². The molecule has 1 unspecified atom stereocenters. The molecular formula is C13H23N3O2S. The van der Waals surface area contributed by atoms with E-state index in [1.807, 2.05) is 4.68 Å². The number of aryl methyl sites for hydroxylation is 1. The highest BCUT2D eigenvalue weighted by atomic mass is 32.2. The lowest BCUT2D eigenvalue weighted by Crippen LogP contribution is -2.31. The van der Waals surface area contributed by atoms with Gasteiger partial charge in [0.05, 0.1) is 18.5 Å². The van der Waals surface area contributed by atoms with Crippen LogP contribution in [0.4, 0.5) is 0 Å². The third-order valence-electron chi connectivity index (χ3n) is 3.85. The summed E-state index contributed by atoms with van der Waals surface area (Å²) < 4.78 is 25.0. The van der Waals surface area contributed by atoms with Gasteiger partial charge in [0, 0.05) is 23.1 Å². The van der Waals surface area contributed by atoms with Gasteiger partial charge in [0.2, 0.25) is 0 Å². The number of aromatic nitrogens is 2. The van der Waals surface area contributed by atoms with E-state index in [0.717, 1.165) is 24.1 Å². The lowest BCUT2D eigenvalue weighted by atomic mass is 9.75. The molecule has 0 saturated heterocycles. The first-order valence-electron chi connectivity index (χ1n) is 6.75. The summed E-state index contributed by atoms with van der Waals surface area (Å²) in [6.45, 7) is 6.48. The second-order valence-corrected chi connectivity index (χ2v) is 8.63. The number of hydrogen-bond acceptors (Lipinski definition) is 4. The molecule has 19 heavy (non-hydrogen) atoms. The Kier molecular flexibility index (Phi) is 3.75. The topological polar surface area (TPSA) is 78.0 Å². The van der Waals surface area contributed by atoms with Crippen molar-refractivity contribution < 1.29 is 8.42 Å². The van der Waals surface area contributed by atoms with Crippen LogP contribution in [0, 0.1) is 5.41 Å². The van der Waals surface area contributed by atoms with Crippen LogP contribution in [0.5, 0.6) is 0 Å². The zero-order chi connectivity index (χ0) is 14.3. The van der Waals surface area contributed by atoms with E-state index < -0.39 is 9.84 Å². The minimum atomic E-state index is -2.96. The summed E-state index contributed by atoms with van der Waals surface area (Å²) in [6.07, 6.45) is 3.65. The molecule has 0 radical (unpaired) electrons. The Morgan fingerprint density at radius 1 is 1.53 bits per heavy atom. The molecule has 0 amide bonds. The van der Waals surface area contributed by atoms with E-state index in [0.29, 0.717) is 6.54 Å². The Hall–Kier alpha value is -0.880. The van der Waals surface area contributed by atoms with Gasteiger partial charge in [-0.3, -0.25) is 4.68 Å². The van der Waals surface area contributed by atoms with E-state index in [4.69, 9.17) is 5.73 Å². The molecule has 1 atom stereocenters. The summed E-state index contributed by atoms with van der Waals surface area (Å²) in [5, 5.41) is 4.32. The molecular weight excluding hydrogens is 262 g/mol. The lowest BCUT2D eigenvalue weighted by Gasteiger charge is -2.33. The smallest absolute Gasteiger partial charge is 0.151 e. The van der Waals surface area contributed by atoms with E-state index in [1.54, 1.807) is 13.1 Å². The summed E-state index contributed by atoms with van der Waals surface area (Å²) in [6, 6.07) is 0.00952. The van der Waals surface area contributed by atoms with Gasteiger partial charge in [-0.25, -0.2) is 8.42 Å². The molecule has 5 nitrogen and oxygen atoms in total.